The van der Waals surface area contributed by atoms with Crippen LogP contribution in [-0.2, 0) is 15.2 Å². The Morgan fingerprint density at radius 3 is 2.38 bits per heavy atom. The summed E-state index contributed by atoms with van der Waals surface area (Å²) >= 11 is 3.34. The minimum atomic E-state index is -3.29. The standard InChI is InChI=1S/C15H14BrNO3S/c1-21(19,20)14-4-2-3-13(9-14)17-15(18)12-7-5-11(10-16)6-8-12/h2-9H,10H2,1H3,(H,17,18). The van der Waals surface area contributed by atoms with Crippen LogP contribution in [0.3, 0.4) is 0 Å². The average molecular weight is 368 g/mol. The van der Waals surface area contributed by atoms with Crippen LogP contribution in [-0.4, -0.2) is 20.6 Å². The number of carbonyl (C=O) groups is 1. The smallest absolute Gasteiger partial charge is 0.255 e. The number of amides is 1. The van der Waals surface area contributed by atoms with E-state index < -0.39 is 9.84 Å². The molecule has 2 rings (SSSR count). The number of nitrogens with one attached hydrogen (secondary N) is 1. The summed E-state index contributed by atoms with van der Waals surface area (Å²) in [4.78, 5) is 12.3. The van der Waals surface area contributed by atoms with Crippen molar-refractivity contribution in [2.75, 3.05) is 11.6 Å². The van der Waals surface area contributed by atoms with E-state index in [-0.39, 0.29) is 10.8 Å². The van der Waals surface area contributed by atoms with E-state index in [9.17, 15) is 13.2 Å². The van der Waals surface area contributed by atoms with Crippen LogP contribution in [0.25, 0.3) is 0 Å². The van der Waals surface area contributed by atoms with Crippen LogP contribution in [0.4, 0.5) is 5.69 Å². The van der Waals surface area contributed by atoms with Gasteiger partial charge in [-0.15, -0.1) is 0 Å². The molecule has 0 saturated heterocycles. The third-order valence-electron chi connectivity index (χ3n) is 2.89. The van der Waals surface area contributed by atoms with Crippen molar-refractivity contribution in [3.63, 3.8) is 0 Å². The molecule has 0 spiro atoms. The fourth-order valence-corrected chi connectivity index (χ4v) is 2.79. The number of anilines is 1. The second-order valence-corrected chi connectivity index (χ2v) is 7.16. The fraction of sp³-hybridized carbons (Fsp3) is 0.133. The van der Waals surface area contributed by atoms with Crippen molar-refractivity contribution in [1.82, 2.24) is 0 Å². The van der Waals surface area contributed by atoms with Gasteiger partial charge in [0.25, 0.3) is 5.91 Å². The zero-order valence-corrected chi connectivity index (χ0v) is 13.7. The molecule has 0 saturated carbocycles. The lowest BCUT2D eigenvalue weighted by Crippen LogP contribution is -2.12. The molecule has 0 bridgehead atoms. The van der Waals surface area contributed by atoms with Gasteiger partial charge in [-0.25, -0.2) is 8.42 Å². The fourth-order valence-electron chi connectivity index (χ4n) is 1.75. The van der Waals surface area contributed by atoms with E-state index in [1.54, 1.807) is 24.3 Å². The Labute approximate surface area is 132 Å². The van der Waals surface area contributed by atoms with Crippen LogP contribution in [0.5, 0.6) is 0 Å². The summed E-state index contributed by atoms with van der Waals surface area (Å²) in [6, 6.07) is 13.4. The molecule has 0 fully saturated rings. The number of benzene rings is 2. The van der Waals surface area contributed by atoms with Crippen molar-refractivity contribution < 1.29 is 13.2 Å². The van der Waals surface area contributed by atoms with Gasteiger partial charge in [-0.1, -0.05) is 34.1 Å². The first-order valence-electron chi connectivity index (χ1n) is 6.16. The van der Waals surface area contributed by atoms with Crippen molar-refractivity contribution in [2.24, 2.45) is 0 Å². The van der Waals surface area contributed by atoms with Crippen LogP contribution < -0.4 is 5.32 Å². The first-order valence-corrected chi connectivity index (χ1v) is 9.18. The number of carbonyl (C=O) groups excluding carboxylic acids is 1. The lowest BCUT2D eigenvalue weighted by atomic mass is 10.1. The Morgan fingerprint density at radius 2 is 1.81 bits per heavy atom. The molecule has 21 heavy (non-hydrogen) atoms. The van der Waals surface area contributed by atoms with Gasteiger partial charge in [0.1, 0.15) is 0 Å². The zero-order chi connectivity index (χ0) is 15.5. The van der Waals surface area contributed by atoms with Gasteiger partial charge in [0.05, 0.1) is 4.90 Å². The molecule has 0 aliphatic heterocycles. The lowest BCUT2D eigenvalue weighted by Gasteiger charge is -2.07. The number of hydrogen-bond donors (Lipinski definition) is 1. The second-order valence-electron chi connectivity index (χ2n) is 4.58. The van der Waals surface area contributed by atoms with Gasteiger partial charge in [0.2, 0.25) is 0 Å². The Morgan fingerprint density at radius 1 is 1.14 bits per heavy atom. The highest BCUT2D eigenvalue weighted by atomic mass is 79.9. The van der Waals surface area contributed by atoms with Crippen LogP contribution in [0.2, 0.25) is 0 Å². The van der Waals surface area contributed by atoms with E-state index in [1.165, 1.54) is 12.1 Å². The minimum Gasteiger partial charge on any atom is -0.322 e. The second kappa shape index (κ2) is 6.41. The molecule has 0 aliphatic carbocycles. The summed E-state index contributed by atoms with van der Waals surface area (Å²) in [5, 5.41) is 3.42. The largest absolute Gasteiger partial charge is 0.322 e. The molecule has 1 N–H and O–H groups in total. The predicted octanol–water partition coefficient (Wildman–Crippen LogP) is 3.24. The molecule has 0 heterocycles. The first kappa shape index (κ1) is 15.7. The third-order valence-corrected chi connectivity index (χ3v) is 4.65. The highest BCUT2D eigenvalue weighted by molar-refractivity contribution is 9.08. The quantitative estimate of drug-likeness (QED) is 0.843. The summed E-state index contributed by atoms with van der Waals surface area (Å²) in [5.41, 5.74) is 2.04. The monoisotopic (exact) mass is 367 g/mol. The molecule has 0 radical (unpaired) electrons. The Hall–Kier alpha value is -1.66. The van der Waals surface area contributed by atoms with E-state index >= 15 is 0 Å². The summed E-state index contributed by atoms with van der Waals surface area (Å²) in [7, 11) is -3.29. The molecular formula is C15H14BrNO3S. The Kier molecular flexibility index (Phi) is 4.80. The summed E-state index contributed by atoms with van der Waals surface area (Å²) in [6.07, 6.45) is 1.13. The van der Waals surface area contributed by atoms with Crippen LogP contribution >= 0.6 is 15.9 Å². The van der Waals surface area contributed by atoms with Gasteiger partial charge in [-0.05, 0) is 35.9 Å². The Bertz CT molecular complexity index is 755. The Balaban J connectivity index is 2.19. The molecule has 0 unspecified atom stereocenters. The van der Waals surface area contributed by atoms with Crippen LogP contribution in [0.1, 0.15) is 15.9 Å². The van der Waals surface area contributed by atoms with Gasteiger partial charge < -0.3 is 5.32 Å². The summed E-state index contributed by atoms with van der Waals surface area (Å²) < 4.78 is 23.0. The van der Waals surface area contributed by atoms with Gasteiger partial charge >= 0.3 is 0 Å². The van der Waals surface area contributed by atoms with E-state index in [1.807, 2.05) is 12.1 Å². The first-order chi connectivity index (χ1) is 9.90. The number of rotatable bonds is 4. The SMILES string of the molecule is CS(=O)(=O)c1cccc(NC(=O)c2ccc(CBr)cc2)c1. The number of sulfone groups is 1. The molecule has 6 heteroatoms. The van der Waals surface area contributed by atoms with E-state index in [0.717, 1.165) is 17.1 Å². The molecule has 4 nitrogen and oxygen atoms in total. The number of hydrogen-bond acceptors (Lipinski definition) is 3. The normalized spacial score (nSPS) is 11.1. The minimum absolute atomic E-state index is 0.176. The highest BCUT2D eigenvalue weighted by Crippen LogP contribution is 2.16. The van der Waals surface area contributed by atoms with Crippen molar-refractivity contribution in [3.8, 4) is 0 Å². The molecule has 2 aromatic rings. The van der Waals surface area contributed by atoms with Crippen molar-refractivity contribution >= 4 is 37.4 Å². The van der Waals surface area contributed by atoms with E-state index in [4.69, 9.17) is 0 Å². The average Bonchev–Trinajstić information content (AvgIpc) is 2.47. The van der Waals surface area contributed by atoms with Crippen molar-refractivity contribution in [1.29, 1.82) is 0 Å². The maximum absolute atomic E-state index is 12.1. The molecule has 0 atom stereocenters. The van der Waals surface area contributed by atoms with Gasteiger partial charge in [-0.3, -0.25) is 4.79 Å². The van der Waals surface area contributed by atoms with Crippen LogP contribution in [0, 0.1) is 0 Å². The molecule has 0 aliphatic rings. The van der Waals surface area contributed by atoms with Crippen LogP contribution in [0.15, 0.2) is 53.4 Å². The van der Waals surface area contributed by atoms with Crippen molar-refractivity contribution in [3.05, 3.63) is 59.7 Å². The predicted molar refractivity (Wildman–Crippen MR) is 86.6 cm³/mol. The van der Waals surface area contributed by atoms with E-state index in [0.29, 0.717) is 11.3 Å². The molecule has 110 valence electrons. The number of alkyl halides is 1. The van der Waals surface area contributed by atoms with Gasteiger partial charge in [0.15, 0.2) is 9.84 Å². The topological polar surface area (TPSA) is 63.2 Å². The molecule has 2 aromatic carbocycles. The van der Waals surface area contributed by atoms with Gasteiger partial charge in [-0.2, -0.15) is 0 Å². The maximum atomic E-state index is 12.1. The summed E-state index contributed by atoms with van der Waals surface area (Å²) in [5.74, 6) is -0.276. The molecule has 0 aromatic heterocycles. The molecule has 1 amide bonds. The lowest BCUT2D eigenvalue weighted by molar-refractivity contribution is 0.102. The summed E-state index contributed by atoms with van der Waals surface area (Å²) in [6.45, 7) is 0. The van der Waals surface area contributed by atoms with Gasteiger partial charge in [0, 0.05) is 22.8 Å². The zero-order valence-electron chi connectivity index (χ0n) is 11.3. The van der Waals surface area contributed by atoms with E-state index in [2.05, 4.69) is 21.2 Å². The van der Waals surface area contributed by atoms with Crippen molar-refractivity contribution in [2.45, 2.75) is 10.2 Å². The highest BCUT2D eigenvalue weighted by Gasteiger charge is 2.10. The molecular weight excluding hydrogens is 354 g/mol. The number of halogens is 1. The maximum Gasteiger partial charge on any atom is 0.255 e. The third kappa shape index (κ3) is 4.15.